The summed E-state index contributed by atoms with van der Waals surface area (Å²) in [5.41, 5.74) is 0.401. The maximum absolute atomic E-state index is 13.0. The average molecular weight is 393 g/mol. The molecule has 5 nitrogen and oxygen atoms in total. The smallest absolute Gasteiger partial charge is 0.376 e. The number of ether oxygens (including phenoxy) is 1. The lowest BCUT2D eigenvalue weighted by atomic mass is 10.0. The summed E-state index contributed by atoms with van der Waals surface area (Å²) in [6.07, 6.45) is 0.0359. The number of allylic oxidation sites excluding steroid dienone is 1. The van der Waals surface area contributed by atoms with Gasteiger partial charge in [0, 0.05) is 6.61 Å². The zero-order valence-corrected chi connectivity index (χ0v) is 15.6. The number of hydrogen-bond acceptors (Lipinski definition) is 3. The molecule has 1 N–H and O–H groups in total. The SMILES string of the molecule is C=Nc1[nH]c(=O)n(CC2CCCCO2)c1/C=C(\C)c1cccc(C(F)(F)F)c1. The average Bonchev–Trinajstić information content (AvgIpc) is 2.97. The van der Waals surface area contributed by atoms with Crippen LogP contribution < -0.4 is 5.69 Å². The van der Waals surface area contributed by atoms with Crippen molar-refractivity contribution in [2.45, 2.75) is 45.0 Å². The van der Waals surface area contributed by atoms with Crippen LogP contribution in [0.4, 0.5) is 19.0 Å². The highest BCUT2D eigenvalue weighted by molar-refractivity contribution is 5.82. The Bertz CT molecular complexity index is 935. The number of imidazole rings is 1. The maximum atomic E-state index is 13.0. The van der Waals surface area contributed by atoms with E-state index in [2.05, 4.69) is 16.7 Å². The number of nitrogens with zero attached hydrogens (tertiary/aromatic N) is 2. The summed E-state index contributed by atoms with van der Waals surface area (Å²) in [6, 6.07) is 5.08. The molecule has 28 heavy (non-hydrogen) atoms. The first-order valence-electron chi connectivity index (χ1n) is 9.06. The Hall–Kier alpha value is -2.61. The van der Waals surface area contributed by atoms with E-state index in [1.807, 2.05) is 0 Å². The molecule has 0 radical (unpaired) electrons. The van der Waals surface area contributed by atoms with Gasteiger partial charge in [-0.1, -0.05) is 12.1 Å². The topological polar surface area (TPSA) is 59.4 Å². The van der Waals surface area contributed by atoms with Crippen LogP contribution in [0.3, 0.4) is 0 Å². The monoisotopic (exact) mass is 393 g/mol. The third kappa shape index (κ3) is 4.44. The fourth-order valence-electron chi connectivity index (χ4n) is 3.30. The van der Waals surface area contributed by atoms with E-state index in [1.54, 1.807) is 19.1 Å². The lowest BCUT2D eigenvalue weighted by Gasteiger charge is -2.23. The Morgan fingerprint density at radius 1 is 1.43 bits per heavy atom. The van der Waals surface area contributed by atoms with Gasteiger partial charge in [0.05, 0.1) is 23.9 Å². The van der Waals surface area contributed by atoms with E-state index in [4.69, 9.17) is 4.74 Å². The second kappa shape index (κ2) is 8.18. The maximum Gasteiger partial charge on any atom is 0.416 e. The molecule has 1 unspecified atom stereocenters. The molecule has 0 bridgehead atoms. The molecular weight excluding hydrogens is 371 g/mol. The van der Waals surface area contributed by atoms with Gasteiger partial charge in [0.25, 0.3) is 0 Å². The van der Waals surface area contributed by atoms with Crippen LogP contribution in [0.5, 0.6) is 0 Å². The van der Waals surface area contributed by atoms with E-state index in [9.17, 15) is 18.0 Å². The quantitative estimate of drug-likeness (QED) is 0.752. The first kappa shape index (κ1) is 20.1. The van der Waals surface area contributed by atoms with Crippen molar-refractivity contribution in [3.05, 3.63) is 51.6 Å². The molecule has 1 saturated heterocycles. The molecule has 1 aromatic carbocycles. The minimum Gasteiger partial charge on any atom is -0.376 e. The molecule has 1 aromatic heterocycles. The molecule has 8 heteroatoms. The fraction of sp³-hybridized carbons (Fsp3) is 0.400. The van der Waals surface area contributed by atoms with E-state index < -0.39 is 11.7 Å². The van der Waals surface area contributed by atoms with Crippen molar-refractivity contribution < 1.29 is 17.9 Å². The van der Waals surface area contributed by atoms with Gasteiger partial charge >= 0.3 is 11.9 Å². The molecule has 150 valence electrons. The number of halogens is 3. The molecule has 2 heterocycles. The molecule has 1 fully saturated rings. The van der Waals surface area contributed by atoms with Crippen molar-refractivity contribution >= 4 is 24.2 Å². The summed E-state index contributed by atoms with van der Waals surface area (Å²) >= 11 is 0. The Labute approximate surface area is 160 Å². The Balaban J connectivity index is 1.98. The summed E-state index contributed by atoms with van der Waals surface area (Å²) in [5, 5.41) is 0. The number of alkyl halides is 3. The van der Waals surface area contributed by atoms with E-state index in [-0.39, 0.29) is 17.6 Å². The van der Waals surface area contributed by atoms with Crippen molar-refractivity contribution in [1.29, 1.82) is 0 Å². The number of aromatic nitrogens is 2. The first-order valence-corrected chi connectivity index (χ1v) is 9.06. The number of aromatic amines is 1. The van der Waals surface area contributed by atoms with Crippen LogP contribution in [-0.4, -0.2) is 29.0 Å². The van der Waals surface area contributed by atoms with Gasteiger partial charge in [-0.2, -0.15) is 13.2 Å². The van der Waals surface area contributed by atoms with Gasteiger partial charge in [-0.3, -0.25) is 9.55 Å². The summed E-state index contributed by atoms with van der Waals surface area (Å²) in [4.78, 5) is 18.9. The van der Waals surface area contributed by atoms with Crippen molar-refractivity contribution in [2.24, 2.45) is 4.99 Å². The third-order valence-electron chi connectivity index (χ3n) is 4.82. The second-order valence-electron chi connectivity index (χ2n) is 6.83. The Kier molecular flexibility index (Phi) is 5.88. The van der Waals surface area contributed by atoms with Crippen LogP contribution in [0.2, 0.25) is 0 Å². The molecular formula is C20H22F3N3O2. The highest BCUT2D eigenvalue weighted by Gasteiger charge is 2.30. The van der Waals surface area contributed by atoms with E-state index in [1.165, 1.54) is 10.6 Å². The molecule has 1 atom stereocenters. The van der Waals surface area contributed by atoms with Crippen LogP contribution in [0, 0.1) is 0 Å². The predicted octanol–water partition coefficient (Wildman–Crippen LogP) is 4.66. The molecule has 2 aromatic rings. The van der Waals surface area contributed by atoms with Gasteiger partial charge in [0.1, 0.15) is 0 Å². The van der Waals surface area contributed by atoms with Crippen molar-refractivity contribution in [1.82, 2.24) is 9.55 Å². The van der Waals surface area contributed by atoms with Crippen LogP contribution >= 0.6 is 0 Å². The van der Waals surface area contributed by atoms with Gasteiger partial charge in [0.15, 0.2) is 5.82 Å². The summed E-state index contributed by atoms with van der Waals surface area (Å²) in [5.74, 6) is 0.284. The lowest BCUT2D eigenvalue weighted by molar-refractivity contribution is -0.137. The van der Waals surface area contributed by atoms with E-state index in [0.717, 1.165) is 31.4 Å². The summed E-state index contributed by atoms with van der Waals surface area (Å²) in [6.45, 7) is 6.18. The molecule has 0 amide bonds. The number of hydrogen-bond donors (Lipinski definition) is 1. The van der Waals surface area contributed by atoms with Gasteiger partial charge in [0.2, 0.25) is 0 Å². The zero-order valence-electron chi connectivity index (χ0n) is 15.6. The Morgan fingerprint density at radius 3 is 2.86 bits per heavy atom. The number of nitrogens with one attached hydrogen (secondary N) is 1. The number of rotatable bonds is 5. The number of H-pyrrole nitrogens is 1. The molecule has 1 aliphatic heterocycles. The molecule has 1 aliphatic rings. The molecule has 3 rings (SSSR count). The van der Waals surface area contributed by atoms with Crippen LogP contribution in [-0.2, 0) is 17.5 Å². The highest BCUT2D eigenvalue weighted by atomic mass is 19.4. The third-order valence-corrected chi connectivity index (χ3v) is 4.82. The van der Waals surface area contributed by atoms with Crippen LogP contribution in [0.1, 0.15) is 43.0 Å². The largest absolute Gasteiger partial charge is 0.416 e. The highest BCUT2D eigenvalue weighted by Crippen LogP contribution is 2.32. The molecule has 0 saturated carbocycles. The zero-order chi connectivity index (χ0) is 20.3. The normalized spacial score (nSPS) is 18.3. The predicted molar refractivity (Wildman–Crippen MR) is 103 cm³/mol. The van der Waals surface area contributed by atoms with Gasteiger partial charge in [-0.15, -0.1) is 0 Å². The minimum atomic E-state index is -4.42. The minimum absolute atomic E-state index is 0.0825. The van der Waals surface area contributed by atoms with Crippen molar-refractivity contribution in [2.75, 3.05) is 6.61 Å². The van der Waals surface area contributed by atoms with Crippen molar-refractivity contribution in [3.63, 3.8) is 0 Å². The summed E-state index contributed by atoms with van der Waals surface area (Å²) in [7, 11) is 0. The number of benzene rings is 1. The molecule has 0 aliphatic carbocycles. The van der Waals surface area contributed by atoms with Crippen molar-refractivity contribution in [3.8, 4) is 0 Å². The first-order chi connectivity index (χ1) is 13.3. The molecule has 0 spiro atoms. The lowest BCUT2D eigenvalue weighted by Crippen LogP contribution is -2.30. The standard InChI is InChI=1S/C20H22F3N3O2/c1-13(14-6-5-7-15(11-14)20(21,22)23)10-17-18(24-2)25-19(27)26(17)12-16-8-3-4-9-28-16/h5-7,10-11,16H,2-4,8-9,12H2,1H3,(H,25,27)/b13-10+. The van der Waals surface area contributed by atoms with E-state index >= 15 is 0 Å². The Morgan fingerprint density at radius 2 is 2.21 bits per heavy atom. The fourth-order valence-corrected chi connectivity index (χ4v) is 3.30. The van der Waals surface area contributed by atoms with Crippen LogP contribution in [0.25, 0.3) is 11.6 Å². The second-order valence-corrected chi connectivity index (χ2v) is 6.83. The van der Waals surface area contributed by atoms with E-state index in [0.29, 0.717) is 30.0 Å². The summed E-state index contributed by atoms with van der Waals surface area (Å²) < 4.78 is 46.2. The van der Waals surface area contributed by atoms with Gasteiger partial charge in [-0.05, 0) is 62.2 Å². The van der Waals surface area contributed by atoms with Gasteiger partial charge < -0.3 is 4.74 Å². The van der Waals surface area contributed by atoms with Gasteiger partial charge in [-0.25, -0.2) is 9.79 Å². The van der Waals surface area contributed by atoms with Crippen LogP contribution in [0.15, 0.2) is 34.1 Å². The number of aliphatic imine (C=N–C) groups is 1.